The first-order chi connectivity index (χ1) is 3.41. The molecule has 0 aliphatic carbocycles. The maximum atomic E-state index is 9.75. The third kappa shape index (κ3) is 274. The van der Waals surface area contributed by atoms with Gasteiger partial charge in [0.1, 0.15) is 0 Å². The van der Waals surface area contributed by atoms with E-state index in [1.54, 1.807) is 0 Å². The van der Waals surface area contributed by atoms with Crippen molar-refractivity contribution in [2.45, 2.75) is 0 Å². The Labute approximate surface area is 42.5 Å². The molecule has 7 heteroatoms. The third-order valence-electron chi connectivity index (χ3n) is 0. The standard InChI is InChI=1S/CH3O2.BF4/c1-3-2;2-1(3,4)5/h1H3;/q+1;-1. The van der Waals surface area contributed by atoms with Crippen molar-refractivity contribution in [1.82, 2.24) is 0 Å². The van der Waals surface area contributed by atoms with Gasteiger partial charge in [0.2, 0.25) is 4.96 Å². The van der Waals surface area contributed by atoms with Gasteiger partial charge in [0.05, 0.1) is 0 Å². The highest BCUT2D eigenvalue weighted by atomic mass is 19.5. The van der Waals surface area contributed by atoms with Crippen LogP contribution in [0.25, 0.3) is 0 Å². The van der Waals surface area contributed by atoms with Gasteiger partial charge in [0, 0.05) is 4.60 Å². The van der Waals surface area contributed by atoms with Crippen molar-refractivity contribution in [3.8, 4) is 0 Å². The molecule has 0 aromatic rings. The fourth-order valence-corrected chi connectivity index (χ4v) is 0. The average molecular weight is 134 g/mol. The topological polar surface area (TPSA) is 28.4 Å². The summed E-state index contributed by atoms with van der Waals surface area (Å²) in [6.45, 7) is 0. The minimum Gasteiger partial charge on any atom is -0.418 e. The van der Waals surface area contributed by atoms with Crippen molar-refractivity contribution < 1.29 is 17.3 Å². The molecule has 0 amide bonds. The summed E-state index contributed by atoms with van der Waals surface area (Å²) in [5, 5.41) is 0. The van der Waals surface area contributed by atoms with Crippen LogP contribution >= 0.6 is 0 Å². The van der Waals surface area contributed by atoms with Crippen LogP contribution in [0.15, 0.2) is 0 Å². The van der Waals surface area contributed by atoms with Gasteiger partial charge in [-0.05, 0) is 0 Å². The van der Waals surface area contributed by atoms with Gasteiger partial charge in [-0.2, -0.15) is 0 Å². The number of hydrogen-bond acceptors (Lipinski definition) is 1. The lowest BCUT2D eigenvalue weighted by molar-refractivity contribution is 0.368. The molecule has 2 nitrogen and oxygen atoms in total. The van der Waals surface area contributed by atoms with Crippen LogP contribution < -0.4 is 0 Å². The van der Waals surface area contributed by atoms with E-state index in [1.807, 2.05) is 0 Å². The van der Waals surface area contributed by atoms with Gasteiger partial charge in [-0.1, -0.05) is 0 Å². The zero-order chi connectivity index (χ0) is 7.21. The van der Waals surface area contributed by atoms with E-state index in [9.17, 15) is 17.3 Å². The van der Waals surface area contributed by atoms with Crippen molar-refractivity contribution in [2.75, 3.05) is 7.11 Å². The number of hydrogen-bond donors (Lipinski definition) is 0. The molecule has 0 saturated carbocycles. The monoisotopic (exact) mass is 134 g/mol. The fraction of sp³-hybridized carbons (Fsp3) is 1.00. The average Bonchev–Trinajstić information content (AvgIpc) is 1.27. The molecule has 0 spiro atoms. The van der Waals surface area contributed by atoms with E-state index in [1.165, 1.54) is 0 Å². The van der Waals surface area contributed by atoms with Gasteiger partial charge in [-0.15, -0.1) is 0 Å². The van der Waals surface area contributed by atoms with E-state index in [4.69, 9.17) is 4.96 Å². The number of halogens is 4. The molecule has 0 aromatic heterocycles. The molecule has 0 fully saturated rings. The molecule has 0 saturated heterocycles. The van der Waals surface area contributed by atoms with Crippen LogP contribution in [0.2, 0.25) is 0 Å². The van der Waals surface area contributed by atoms with E-state index in [2.05, 4.69) is 4.60 Å². The molecule has 8 heavy (non-hydrogen) atoms. The van der Waals surface area contributed by atoms with Crippen molar-refractivity contribution in [1.29, 1.82) is 0 Å². The normalized spacial score (nSPS) is 9.12. The zero-order valence-corrected chi connectivity index (χ0v) is 3.91. The van der Waals surface area contributed by atoms with Crippen molar-refractivity contribution in [3.05, 3.63) is 9.56 Å². The largest absolute Gasteiger partial charge is 0.673 e. The lowest BCUT2D eigenvalue weighted by Crippen LogP contribution is -2.02. The van der Waals surface area contributed by atoms with Crippen molar-refractivity contribution >= 4 is 7.25 Å². The van der Waals surface area contributed by atoms with E-state index < -0.39 is 7.25 Å². The molecule has 0 heterocycles. The molecule has 0 aliphatic heterocycles. The third-order valence-corrected chi connectivity index (χ3v) is 0. The van der Waals surface area contributed by atoms with Gasteiger partial charge in [0.15, 0.2) is 0 Å². The molecule has 0 aliphatic rings. The Morgan fingerprint density at radius 2 is 1.25 bits per heavy atom. The highest BCUT2D eigenvalue weighted by molar-refractivity contribution is 6.50. The summed E-state index contributed by atoms with van der Waals surface area (Å²) >= 11 is 0. The molecule has 0 radical (unpaired) electrons. The molecule has 50 valence electrons. The molecule has 0 N–H and O–H groups in total. The van der Waals surface area contributed by atoms with Gasteiger partial charge < -0.3 is 17.3 Å². The smallest absolute Gasteiger partial charge is 0.418 e. The molecular formula is CH3BF4O2. The first kappa shape index (κ1) is 10.4. The Morgan fingerprint density at radius 3 is 1.25 bits per heavy atom. The van der Waals surface area contributed by atoms with E-state index >= 15 is 0 Å². The Morgan fingerprint density at radius 1 is 1.25 bits per heavy atom. The van der Waals surface area contributed by atoms with Crippen LogP contribution in [-0.4, -0.2) is 14.4 Å². The van der Waals surface area contributed by atoms with Crippen LogP contribution in [0.1, 0.15) is 0 Å². The van der Waals surface area contributed by atoms with Crippen molar-refractivity contribution in [2.24, 2.45) is 0 Å². The Hall–Kier alpha value is -0.615. The van der Waals surface area contributed by atoms with E-state index in [0.29, 0.717) is 0 Å². The maximum Gasteiger partial charge on any atom is 0.673 e. The maximum absolute atomic E-state index is 9.75. The molecule has 0 atom stereocenters. The molecule has 0 rings (SSSR count). The van der Waals surface area contributed by atoms with Crippen molar-refractivity contribution in [3.63, 3.8) is 0 Å². The van der Waals surface area contributed by atoms with Crippen LogP contribution in [-0.2, 0) is 0 Å². The summed E-state index contributed by atoms with van der Waals surface area (Å²) in [5.41, 5.74) is 0. The van der Waals surface area contributed by atoms with Gasteiger partial charge >= 0.3 is 14.4 Å². The fourth-order valence-electron chi connectivity index (χ4n) is 0. The second-order valence-electron chi connectivity index (χ2n) is 0.662. The summed E-state index contributed by atoms with van der Waals surface area (Å²) < 4.78 is 42.0. The predicted octanol–water partition coefficient (Wildman–Crippen LogP) is 1.53. The molecule has 0 bridgehead atoms. The van der Waals surface area contributed by atoms with Gasteiger partial charge in [-0.25, -0.2) is 0 Å². The quantitative estimate of drug-likeness (QED) is 0.280. The minimum absolute atomic E-state index is 1.07. The lowest BCUT2D eigenvalue weighted by Gasteiger charge is -1.94. The van der Waals surface area contributed by atoms with Gasteiger partial charge in [0.25, 0.3) is 0 Å². The Kier molecular flexibility index (Phi) is 5.89. The van der Waals surface area contributed by atoms with Crippen LogP contribution in [0.3, 0.4) is 0 Å². The predicted molar refractivity (Wildman–Crippen MR) is 22.8 cm³/mol. The summed E-state index contributed by atoms with van der Waals surface area (Å²) in [5.74, 6) is 0. The van der Waals surface area contributed by atoms with E-state index in [-0.39, 0.29) is 0 Å². The van der Waals surface area contributed by atoms with Crippen LogP contribution in [0, 0.1) is 9.56 Å². The lowest BCUT2D eigenvalue weighted by atomic mass is 10.3. The second-order valence-corrected chi connectivity index (χ2v) is 0.662. The SMILES string of the molecule is C[O+]=O.F[B-](F)(F)F. The summed E-state index contributed by atoms with van der Waals surface area (Å²) in [6.07, 6.45) is 0. The Balaban J connectivity index is 0. The van der Waals surface area contributed by atoms with Crippen LogP contribution in [0.4, 0.5) is 17.3 Å². The Bertz CT molecular complexity index is 53.5. The van der Waals surface area contributed by atoms with Gasteiger partial charge in [-0.3, -0.25) is 0 Å². The summed E-state index contributed by atoms with van der Waals surface area (Å²) in [7, 11) is -4.93. The number of rotatable bonds is 0. The highest BCUT2D eigenvalue weighted by Gasteiger charge is 2.20. The summed E-state index contributed by atoms with van der Waals surface area (Å²) in [6, 6.07) is 0. The highest BCUT2D eigenvalue weighted by Crippen LogP contribution is 2.06. The molecule has 0 unspecified atom stereocenters. The first-order valence-electron chi connectivity index (χ1n) is 1.45. The molecular weight excluding hydrogens is 131 g/mol. The van der Waals surface area contributed by atoms with E-state index in [0.717, 1.165) is 7.11 Å². The van der Waals surface area contributed by atoms with Crippen LogP contribution in [0.5, 0.6) is 0 Å². The summed E-state index contributed by atoms with van der Waals surface area (Å²) in [4.78, 5) is 8.43. The first-order valence-corrected chi connectivity index (χ1v) is 1.45. The second kappa shape index (κ2) is 4.54. The molecule has 0 aromatic carbocycles. The minimum atomic E-state index is -6.00. The zero-order valence-electron chi connectivity index (χ0n) is 3.91.